The molecule has 0 spiro atoms. The number of piperidine rings is 1. The highest BCUT2D eigenvalue weighted by Crippen LogP contribution is 2.22. The molecule has 15 heavy (non-hydrogen) atoms. The van der Waals surface area contributed by atoms with Crippen molar-refractivity contribution >= 4 is 12.2 Å². The van der Waals surface area contributed by atoms with Gasteiger partial charge in [-0.3, -0.25) is 9.67 Å². The maximum Gasteiger partial charge on any atom is 0.195 e. The van der Waals surface area contributed by atoms with Crippen LogP contribution in [0.15, 0.2) is 0 Å². The summed E-state index contributed by atoms with van der Waals surface area (Å²) in [6.45, 7) is 7.67. The lowest BCUT2D eigenvalue weighted by atomic mass is 10.1. The number of hydrogen-bond acceptors (Lipinski definition) is 3. The van der Waals surface area contributed by atoms with Crippen molar-refractivity contribution in [2.75, 3.05) is 19.6 Å². The van der Waals surface area contributed by atoms with Gasteiger partial charge in [-0.05, 0) is 45.1 Å². The fourth-order valence-electron chi connectivity index (χ4n) is 2.34. The van der Waals surface area contributed by atoms with Gasteiger partial charge in [0, 0.05) is 6.54 Å². The Labute approximate surface area is 95.3 Å². The number of rotatable bonds is 2. The van der Waals surface area contributed by atoms with E-state index in [0.29, 0.717) is 6.04 Å². The van der Waals surface area contributed by atoms with E-state index in [-0.39, 0.29) is 0 Å². The highest BCUT2D eigenvalue weighted by molar-refractivity contribution is 7.71. The van der Waals surface area contributed by atoms with E-state index in [9.17, 15) is 0 Å². The number of aromatic amines is 1. The Hall–Kier alpha value is -0.680. The Balaban J connectivity index is 2.20. The van der Waals surface area contributed by atoms with Gasteiger partial charge in [0.05, 0.1) is 6.04 Å². The zero-order chi connectivity index (χ0) is 10.8. The van der Waals surface area contributed by atoms with Crippen molar-refractivity contribution in [3.05, 3.63) is 10.6 Å². The maximum absolute atomic E-state index is 5.25. The van der Waals surface area contributed by atoms with Crippen LogP contribution >= 0.6 is 12.2 Å². The molecule has 0 radical (unpaired) electrons. The summed E-state index contributed by atoms with van der Waals surface area (Å²) in [6, 6.07) is 0.505. The second-order valence-corrected chi connectivity index (χ2v) is 4.52. The molecule has 84 valence electrons. The van der Waals surface area contributed by atoms with Gasteiger partial charge in [-0.25, -0.2) is 0 Å². The van der Waals surface area contributed by atoms with Crippen LogP contribution in [0, 0.1) is 11.7 Å². The molecule has 5 heteroatoms. The molecule has 1 aliphatic rings. The molecule has 0 aliphatic carbocycles. The lowest BCUT2D eigenvalue weighted by Crippen LogP contribution is -2.36. The average molecular weight is 226 g/mol. The normalized spacial score (nSPS) is 23.2. The lowest BCUT2D eigenvalue weighted by molar-refractivity contribution is 0.183. The minimum absolute atomic E-state index is 0.505. The molecule has 1 aromatic rings. The van der Waals surface area contributed by atoms with Gasteiger partial charge in [-0.1, -0.05) is 6.92 Å². The summed E-state index contributed by atoms with van der Waals surface area (Å²) in [5.74, 6) is 1.00. The van der Waals surface area contributed by atoms with Crippen molar-refractivity contribution in [2.24, 2.45) is 0 Å². The standard InChI is InChI=1S/C10H18N4S/c1-3-13-6-4-5-9(7-13)14-8(2)11-12-10(14)15/h9H,3-7H2,1-2H3,(H,12,15). The Bertz CT molecular complexity index is 381. The van der Waals surface area contributed by atoms with Gasteiger partial charge in [-0.2, -0.15) is 5.10 Å². The molecule has 0 bridgehead atoms. The molecule has 1 atom stereocenters. The highest BCUT2D eigenvalue weighted by Gasteiger charge is 2.21. The summed E-state index contributed by atoms with van der Waals surface area (Å²) in [4.78, 5) is 2.47. The molecule has 0 amide bonds. The smallest absolute Gasteiger partial charge is 0.195 e. The van der Waals surface area contributed by atoms with Gasteiger partial charge in [0.1, 0.15) is 5.82 Å². The van der Waals surface area contributed by atoms with Crippen LogP contribution in [0.4, 0.5) is 0 Å². The number of likely N-dealkylation sites (tertiary alicyclic amines) is 1. The van der Waals surface area contributed by atoms with E-state index in [1.54, 1.807) is 0 Å². The van der Waals surface area contributed by atoms with Crippen molar-refractivity contribution in [1.82, 2.24) is 19.7 Å². The van der Waals surface area contributed by atoms with Crippen LogP contribution in [-0.2, 0) is 0 Å². The van der Waals surface area contributed by atoms with Gasteiger partial charge in [0.25, 0.3) is 0 Å². The van der Waals surface area contributed by atoms with Crippen LogP contribution in [0.3, 0.4) is 0 Å². The van der Waals surface area contributed by atoms with Gasteiger partial charge in [-0.15, -0.1) is 0 Å². The molecule has 2 rings (SSSR count). The molecule has 2 heterocycles. The van der Waals surface area contributed by atoms with E-state index in [0.717, 1.165) is 23.7 Å². The first kappa shape index (κ1) is 10.8. The van der Waals surface area contributed by atoms with E-state index in [4.69, 9.17) is 12.2 Å². The molecule has 1 aromatic heterocycles. The van der Waals surface area contributed by atoms with E-state index in [1.807, 2.05) is 6.92 Å². The Morgan fingerprint density at radius 2 is 2.40 bits per heavy atom. The largest absolute Gasteiger partial charge is 0.302 e. The number of aromatic nitrogens is 3. The average Bonchev–Trinajstić information content (AvgIpc) is 2.59. The molecule has 1 N–H and O–H groups in total. The summed E-state index contributed by atoms with van der Waals surface area (Å²) < 4.78 is 2.92. The van der Waals surface area contributed by atoms with Crippen LogP contribution in [0.5, 0.6) is 0 Å². The van der Waals surface area contributed by atoms with Crippen LogP contribution in [0.2, 0.25) is 0 Å². The predicted molar refractivity (Wildman–Crippen MR) is 62.5 cm³/mol. The summed E-state index contributed by atoms with van der Waals surface area (Å²) >= 11 is 5.25. The Kier molecular flexibility index (Phi) is 3.21. The first-order valence-electron chi connectivity index (χ1n) is 5.58. The maximum atomic E-state index is 5.25. The first-order chi connectivity index (χ1) is 7.22. The van der Waals surface area contributed by atoms with Crippen molar-refractivity contribution < 1.29 is 0 Å². The molecule has 0 saturated carbocycles. The van der Waals surface area contributed by atoms with Crippen LogP contribution < -0.4 is 0 Å². The monoisotopic (exact) mass is 226 g/mol. The van der Waals surface area contributed by atoms with Gasteiger partial charge >= 0.3 is 0 Å². The van der Waals surface area contributed by atoms with Crippen LogP contribution in [0.1, 0.15) is 31.6 Å². The van der Waals surface area contributed by atoms with Crippen molar-refractivity contribution in [3.8, 4) is 0 Å². The third-order valence-electron chi connectivity index (χ3n) is 3.17. The van der Waals surface area contributed by atoms with Crippen molar-refractivity contribution in [2.45, 2.75) is 32.7 Å². The number of H-pyrrole nitrogens is 1. The molecule has 0 aromatic carbocycles. The van der Waals surface area contributed by atoms with Crippen LogP contribution in [0.25, 0.3) is 0 Å². The Morgan fingerprint density at radius 1 is 1.60 bits per heavy atom. The number of aryl methyl sites for hydroxylation is 1. The fraction of sp³-hybridized carbons (Fsp3) is 0.800. The zero-order valence-electron chi connectivity index (χ0n) is 9.36. The minimum atomic E-state index is 0.505. The Morgan fingerprint density at radius 3 is 3.00 bits per heavy atom. The fourth-order valence-corrected chi connectivity index (χ4v) is 2.67. The van der Waals surface area contributed by atoms with E-state index in [1.165, 1.54) is 19.4 Å². The van der Waals surface area contributed by atoms with Crippen molar-refractivity contribution in [1.29, 1.82) is 0 Å². The third-order valence-corrected chi connectivity index (χ3v) is 3.46. The second-order valence-electron chi connectivity index (χ2n) is 4.14. The quantitative estimate of drug-likeness (QED) is 0.783. The highest BCUT2D eigenvalue weighted by atomic mass is 32.1. The molecule has 1 aliphatic heterocycles. The molecular weight excluding hydrogens is 208 g/mol. The summed E-state index contributed by atoms with van der Waals surface area (Å²) in [5.41, 5.74) is 0. The van der Waals surface area contributed by atoms with E-state index >= 15 is 0 Å². The third kappa shape index (κ3) is 2.13. The predicted octanol–water partition coefficient (Wildman–Crippen LogP) is 1.91. The summed E-state index contributed by atoms with van der Waals surface area (Å²) in [7, 11) is 0. The number of nitrogens with zero attached hydrogens (tertiary/aromatic N) is 3. The number of nitrogens with one attached hydrogen (secondary N) is 1. The van der Waals surface area contributed by atoms with Crippen molar-refractivity contribution in [3.63, 3.8) is 0 Å². The van der Waals surface area contributed by atoms with E-state index < -0.39 is 0 Å². The topological polar surface area (TPSA) is 36.9 Å². The van der Waals surface area contributed by atoms with Gasteiger partial charge in [0.2, 0.25) is 0 Å². The summed E-state index contributed by atoms with van der Waals surface area (Å²) in [5, 5.41) is 7.03. The number of likely N-dealkylation sites (N-methyl/N-ethyl adjacent to an activating group) is 1. The minimum Gasteiger partial charge on any atom is -0.302 e. The molecule has 4 nitrogen and oxygen atoms in total. The molecule has 1 fully saturated rings. The molecule has 1 unspecified atom stereocenters. The number of hydrogen-bond donors (Lipinski definition) is 1. The van der Waals surface area contributed by atoms with Crippen LogP contribution in [-0.4, -0.2) is 39.3 Å². The molecular formula is C10H18N4S. The SMILES string of the molecule is CCN1CCCC(n2c(C)n[nH]c2=S)C1. The summed E-state index contributed by atoms with van der Waals surface area (Å²) in [6.07, 6.45) is 2.47. The van der Waals surface area contributed by atoms with Gasteiger partial charge < -0.3 is 4.90 Å². The van der Waals surface area contributed by atoms with E-state index in [2.05, 4.69) is 26.6 Å². The lowest BCUT2D eigenvalue weighted by Gasteiger charge is -2.32. The zero-order valence-corrected chi connectivity index (χ0v) is 10.2. The molecule has 1 saturated heterocycles. The van der Waals surface area contributed by atoms with Gasteiger partial charge in [0.15, 0.2) is 4.77 Å². The second kappa shape index (κ2) is 4.45. The first-order valence-corrected chi connectivity index (χ1v) is 5.99.